The number of hydrogen-bond acceptors (Lipinski definition) is 4. The maximum Gasteiger partial charge on any atom is 0.136 e. The molecule has 6 heteroatoms. The molecule has 6 nitrogen and oxygen atoms in total. The molecule has 18 heavy (non-hydrogen) atoms. The molecule has 1 aromatic carbocycles. The molecule has 4 N–H and O–H groups in total. The fourth-order valence-corrected chi connectivity index (χ4v) is 1.30. The first-order chi connectivity index (χ1) is 8.69. The molecule has 0 aliphatic carbocycles. The van der Waals surface area contributed by atoms with Gasteiger partial charge in [0.05, 0.1) is 12.2 Å². The Morgan fingerprint density at radius 3 is 2.83 bits per heavy atom. The highest BCUT2D eigenvalue weighted by Gasteiger charge is 2.08. The number of benzene rings is 1. The predicted molar refractivity (Wildman–Crippen MR) is 73.4 cm³/mol. The lowest BCUT2D eigenvalue weighted by molar-refractivity contribution is 0.146. The molecular weight excluding hydrogens is 232 g/mol. The number of nitrogens with zero attached hydrogens (tertiary/aromatic N) is 2. The van der Waals surface area contributed by atoms with Crippen molar-refractivity contribution >= 4 is 17.9 Å². The minimum Gasteiger partial charge on any atom is -0.490 e. The van der Waals surface area contributed by atoms with E-state index in [1.165, 1.54) is 6.34 Å². The van der Waals surface area contributed by atoms with Crippen molar-refractivity contribution in [1.29, 1.82) is 0 Å². The Balaban J connectivity index is 2.95. The molecule has 0 spiro atoms. The van der Waals surface area contributed by atoms with Gasteiger partial charge in [-0.15, -0.1) is 0 Å². The summed E-state index contributed by atoms with van der Waals surface area (Å²) in [7, 11) is 3.23. The van der Waals surface area contributed by atoms with Crippen LogP contribution in [0.4, 0.5) is 5.69 Å². The SMILES string of the molecule is CN=CN=C(N)c1cc(N)ccc1OCCOC. The molecule has 0 atom stereocenters. The van der Waals surface area contributed by atoms with Crippen molar-refractivity contribution in [1.82, 2.24) is 0 Å². The highest BCUT2D eigenvalue weighted by Crippen LogP contribution is 2.21. The van der Waals surface area contributed by atoms with Crippen molar-refractivity contribution in [3.8, 4) is 5.75 Å². The minimum atomic E-state index is 0.306. The summed E-state index contributed by atoms with van der Waals surface area (Å²) in [4.78, 5) is 7.72. The van der Waals surface area contributed by atoms with E-state index in [-0.39, 0.29) is 0 Å². The molecule has 0 aromatic heterocycles. The first kappa shape index (κ1) is 14.0. The van der Waals surface area contributed by atoms with Gasteiger partial charge in [0.15, 0.2) is 0 Å². The third-order valence-electron chi connectivity index (χ3n) is 2.14. The molecule has 0 radical (unpaired) electrons. The lowest BCUT2D eigenvalue weighted by atomic mass is 10.1. The monoisotopic (exact) mass is 250 g/mol. The largest absolute Gasteiger partial charge is 0.490 e. The van der Waals surface area contributed by atoms with Crippen LogP contribution in [0.15, 0.2) is 28.2 Å². The van der Waals surface area contributed by atoms with Crippen molar-refractivity contribution < 1.29 is 9.47 Å². The molecule has 0 saturated heterocycles. The van der Waals surface area contributed by atoms with E-state index in [1.807, 2.05) is 0 Å². The number of hydrogen-bond donors (Lipinski definition) is 2. The fourth-order valence-electron chi connectivity index (χ4n) is 1.30. The van der Waals surface area contributed by atoms with E-state index in [1.54, 1.807) is 32.4 Å². The molecule has 0 fully saturated rings. The summed E-state index contributed by atoms with van der Waals surface area (Å²) in [6.45, 7) is 0.930. The number of aliphatic imine (C=N–C) groups is 2. The first-order valence-corrected chi connectivity index (χ1v) is 5.44. The van der Waals surface area contributed by atoms with Crippen LogP contribution in [0.3, 0.4) is 0 Å². The smallest absolute Gasteiger partial charge is 0.136 e. The van der Waals surface area contributed by atoms with Crippen molar-refractivity contribution in [2.24, 2.45) is 15.7 Å². The molecule has 0 unspecified atom stereocenters. The summed E-state index contributed by atoms with van der Waals surface area (Å²) in [5.74, 6) is 0.923. The van der Waals surface area contributed by atoms with Crippen LogP contribution in [-0.2, 0) is 4.74 Å². The Morgan fingerprint density at radius 1 is 1.39 bits per heavy atom. The maximum absolute atomic E-state index is 5.85. The van der Waals surface area contributed by atoms with E-state index in [4.69, 9.17) is 20.9 Å². The minimum absolute atomic E-state index is 0.306. The van der Waals surface area contributed by atoms with E-state index < -0.39 is 0 Å². The van der Waals surface area contributed by atoms with Crippen LogP contribution in [0.25, 0.3) is 0 Å². The standard InChI is InChI=1S/C12H18N4O2/c1-15-8-16-12(14)10-7-9(13)3-4-11(10)18-6-5-17-2/h3-4,7-8H,5-6,13H2,1-2H3,(H2,14,15,16). The van der Waals surface area contributed by atoms with Gasteiger partial charge in [0.2, 0.25) is 0 Å². The van der Waals surface area contributed by atoms with Crippen LogP contribution in [0.2, 0.25) is 0 Å². The molecule has 1 rings (SSSR count). The third-order valence-corrected chi connectivity index (χ3v) is 2.14. The van der Waals surface area contributed by atoms with E-state index in [2.05, 4.69) is 9.98 Å². The zero-order valence-electron chi connectivity index (χ0n) is 10.6. The van der Waals surface area contributed by atoms with Gasteiger partial charge >= 0.3 is 0 Å². The van der Waals surface area contributed by atoms with Gasteiger partial charge in [0.1, 0.15) is 24.5 Å². The Bertz CT molecular complexity index is 444. The summed E-state index contributed by atoms with van der Waals surface area (Å²) in [5.41, 5.74) is 12.8. The van der Waals surface area contributed by atoms with Gasteiger partial charge in [-0.25, -0.2) is 4.99 Å². The summed E-state index contributed by atoms with van der Waals surface area (Å²) >= 11 is 0. The molecule has 0 amide bonds. The van der Waals surface area contributed by atoms with E-state index in [9.17, 15) is 0 Å². The Labute approximate surface area is 106 Å². The average Bonchev–Trinajstić information content (AvgIpc) is 2.38. The topological polar surface area (TPSA) is 95.2 Å². The van der Waals surface area contributed by atoms with Gasteiger partial charge in [-0.1, -0.05) is 0 Å². The molecule has 0 saturated carbocycles. The Hall–Kier alpha value is -2.08. The van der Waals surface area contributed by atoms with Crippen molar-refractivity contribution in [2.45, 2.75) is 0 Å². The number of methoxy groups -OCH3 is 1. The molecule has 1 aromatic rings. The van der Waals surface area contributed by atoms with Gasteiger partial charge in [-0.05, 0) is 18.2 Å². The molecule has 0 aliphatic rings. The van der Waals surface area contributed by atoms with Crippen LogP contribution < -0.4 is 16.2 Å². The molecule has 0 aliphatic heterocycles. The zero-order valence-corrected chi connectivity index (χ0v) is 10.6. The van der Waals surface area contributed by atoms with Gasteiger partial charge in [0, 0.05) is 19.8 Å². The quantitative estimate of drug-likeness (QED) is 0.335. The van der Waals surface area contributed by atoms with Crippen LogP contribution in [0, 0.1) is 0 Å². The van der Waals surface area contributed by atoms with Crippen LogP contribution in [-0.4, -0.2) is 39.5 Å². The summed E-state index contributed by atoms with van der Waals surface area (Å²) < 4.78 is 10.5. The van der Waals surface area contributed by atoms with Gasteiger partial charge in [-0.2, -0.15) is 0 Å². The van der Waals surface area contributed by atoms with Crippen molar-refractivity contribution in [3.63, 3.8) is 0 Å². The third kappa shape index (κ3) is 4.06. The summed E-state index contributed by atoms with van der Waals surface area (Å²) in [5, 5.41) is 0. The van der Waals surface area contributed by atoms with Crippen molar-refractivity contribution in [2.75, 3.05) is 33.1 Å². The number of rotatable bonds is 6. The number of amidine groups is 1. The van der Waals surface area contributed by atoms with Crippen molar-refractivity contribution in [3.05, 3.63) is 23.8 Å². The second-order valence-corrected chi connectivity index (χ2v) is 3.48. The number of ether oxygens (including phenoxy) is 2. The molecule has 0 heterocycles. The maximum atomic E-state index is 5.85. The Morgan fingerprint density at radius 2 is 2.17 bits per heavy atom. The first-order valence-electron chi connectivity index (χ1n) is 5.44. The number of nitrogen functional groups attached to an aromatic ring is 1. The van der Waals surface area contributed by atoms with Crippen LogP contribution >= 0.6 is 0 Å². The molecule has 0 bridgehead atoms. The second kappa shape index (κ2) is 7.29. The van der Waals surface area contributed by atoms with Gasteiger partial charge < -0.3 is 20.9 Å². The normalized spacial score (nSPS) is 12.0. The van der Waals surface area contributed by atoms with Gasteiger partial charge in [-0.3, -0.25) is 4.99 Å². The number of anilines is 1. The number of nitrogens with two attached hydrogens (primary N) is 2. The second-order valence-electron chi connectivity index (χ2n) is 3.48. The predicted octanol–water partition coefficient (Wildman–Crippen LogP) is 0.657. The lowest BCUT2D eigenvalue weighted by Crippen LogP contribution is -2.16. The zero-order chi connectivity index (χ0) is 13.4. The average molecular weight is 250 g/mol. The fraction of sp³-hybridized carbons (Fsp3) is 0.333. The molecular formula is C12H18N4O2. The molecule has 98 valence electrons. The van der Waals surface area contributed by atoms with Crippen LogP contribution in [0.1, 0.15) is 5.56 Å². The lowest BCUT2D eigenvalue weighted by Gasteiger charge is -2.11. The summed E-state index contributed by atoms with van der Waals surface area (Å²) in [6, 6.07) is 5.21. The van der Waals surface area contributed by atoms with E-state index >= 15 is 0 Å². The highest BCUT2D eigenvalue weighted by molar-refractivity contribution is 6.03. The van der Waals surface area contributed by atoms with E-state index in [0.717, 1.165) is 0 Å². The van der Waals surface area contributed by atoms with Gasteiger partial charge in [0.25, 0.3) is 0 Å². The highest BCUT2D eigenvalue weighted by atomic mass is 16.5. The van der Waals surface area contributed by atoms with E-state index in [0.29, 0.717) is 36.0 Å². The van der Waals surface area contributed by atoms with Crippen LogP contribution in [0.5, 0.6) is 5.75 Å². The summed E-state index contributed by atoms with van der Waals surface area (Å²) in [6.07, 6.45) is 1.37. The Kier molecular flexibility index (Phi) is 5.66.